The molecule has 0 spiro atoms. The zero-order chi connectivity index (χ0) is 17.3. The number of nitrogens with zero attached hydrogens (tertiary/aromatic N) is 2. The van der Waals surface area contributed by atoms with Gasteiger partial charge in [0.05, 0.1) is 4.88 Å². The van der Waals surface area contributed by atoms with Gasteiger partial charge in [-0.3, -0.25) is 4.79 Å². The molecule has 3 rings (SSSR count). The SMILES string of the molecule is CC1CCN(S(=O)(=O)c2ccc(C(=O)N3CCCC(N)C3)s2)CC1.Cl. The lowest BCUT2D eigenvalue weighted by molar-refractivity contribution is 0.0713. The topological polar surface area (TPSA) is 83.7 Å². The Morgan fingerprint density at radius 1 is 1.20 bits per heavy atom. The Hall–Kier alpha value is -0.670. The number of likely N-dealkylation sites (tertiary alicyclic amines) is 1. The lowest BCUT2D eigenvalue weighted by Crippen LogP contribution is -2.45. The van der Waals surface area contributed by atoms with Gasteiger partial charge in [-0.15, -0.1) is 23.7 Å². The molecule has 1 aromatic heterocycles. The summed E-state index contributed by atoms with van der Waals surface area (Å²) in [7, 11) is -3.48. The Kier molecular flexibility index (Phi) is 6.89. The Labute approximate surface area is 159 Å². The van der Waals surface area contributed by atoms with Crippen LogP contribution in [0.2, 0.25) is 0 Å². The Morgan fingerprint density at radius 3 is 2.52 bits per heavy atom. The maximum Gasteiger partial charge on any atom is 0.264 e. The minimum absolute atomic E-state index is 0. The van der Waals surface area contributed by atoms with Gasteiger partial charge in [0.1, 0.15) is 4.21 Å². The molecule has 0 aliphatic carbocycles. The second-order valence-corrected chi connectivity index (χ2v) is 10.1. The third-order valence-corrected chi connectivity index (χ3v) is 8.31. The van der Waals surface area contributed by atoms with Gasteiger partial charge in [-0.25, -0.2) is 8.42 Å². The number of carbonyl (C=O) groups is 1. The van der Waals surface area contributed by atoms with Gasteiger partial charge in [-0.2, -0.15) is 4.31 Å². The Bertz CT molecular complexity index is 699. The molecule has 0 aromatic carbocycles. The third kappa shape index (κ3) is 4.54. The number of hydrogen-bond acceptors (Lipinski definition) is 5. The van der Waals surface area contributed by atoms with Crippen LogP contribution >= 0.6 is 23.7 Å². The fourth-order valence-corrected chi connectivity index (χ4v) is 6.17. The molecule has 1 aromatic rings. The monoisotopic (exact) mass is 407 g/mol. The van der Waals surface area contributed by atoms with Crippen molar-refractivity contribution in [2.45, 2.75) is 42.9 Å². The van der Waals surface area contributed by atoms with E-state index in [0.717, 1.165) is 37.0 Å². The molecule has 1 atom stereocenters. The first kappa shape index (κ1) is 20.6. The second-order valence-electron chi connectivity index (χ2n) is 6.86. The van der Waals surface area contributed by atoms with Crippen molar-refractivity contribution in [2.24, 2.45) is 11.7 Å². The molecule has 142 valence electrons. The number of sulfonamides is 1. The van der Waals surface area contributed by atoms with E-state index in [4.69, 9.17) is 5.73 Å². The van der Waals surface area contributed by atoms with Crippen molar-refractivity contribution >= 4 is 39.7 Å². The van der Waals surface area contributed by atoms with Crippen LogP contribution in [0.1, 0.15) is 42.3 Å². The average Bonchev–Trinajstić information content (AvgIpc) is 3.05. The molecule has 2 saturated heterocycles. The fraction of sp³-hybridized carbons (Fsp3) is 0.688. The molecule has 25 heavy (non-hydrogen) atoms. The highest BCUT2D eigenvalue weighted by Gasteiger charge is 2.31. The molecule has 0 radical (unpaired) electrons. The lowest BCUT2D eigenvalue weighted by Gasteiger charge is -2.30. The molecular weight excluding hydrogens is 382 g/mol. The van der Waals surface area contributed by atoms with E-state index in [1.54, 1.807) is 21.3 Å². The number of carbonyl (C=O) groups excluding carboxylic acids is 1. The molecule has 9 heteroatoms. The van der Waals surface area contributed by atoms with Crippen molar-refractivity contribution in [2.75, 3.05) is 26.2 Å². The Morgan fingerprint density at radius 2 is 1.88 bits per heavy atom. The summed E-state index contributed by atoms with van der Waals surface area (Å²) in [5.41, 5.74) is 5.93. The summed E-state index contributed by atoms with van der Waals surface area (Å²) in [5.74, 6) is 0.462. The van der Waals surface area contributed by atoms with E-state index < -0.39 is 10.0 Å². The van der Waals surface area contributed by atoms with E-state index in [-0.39, 0.29) is 28.6 Å². The van der Waals surface area contributed by atoms with Gasteiger partial charge in [-0.1, -0.05) is 6.92 Å². The van der Waals surface area contributed by atoms with E-state index in [0.29, 0.717) is 37.0 Å². The van der Waals surface area contributed by atoms with E-state index in [9.17, 15) is 13.2 Å². The standard InChI is InChI=1S/C16H25N3O3S2.ClH/c1-12-6-9-19(10-7-12)24(21,22)15-5-4-14(23-15)16(20)18-8-2-3-13(17)11-18;/h4-5,12-13H,2-3,6-11,17H2,1H3;1H. The number of thiophene rings is 1. The zero-order valence-corrected chi connectivity index (χ0v) is 16.8. The third-order valence-electron chi connectivity index (χ3n) is 4.87. The van der Waals surface area contributed by atoms with Crippen LogP contribution in [0.5, 0.6) is 0 Å². The van der Waals surface area contributed by atoms with Gasteiger partial charge in [0, 0.05) is 32.2 Å². The first-order valence-electron chi connectivity index (χ1n) is 8.53. The lowest BCUT2D eigenvalue weighted by atomic mass is 10.0. The molecule has 2 aliphatic rings. The van der Waals surface area contributed by atoms with Crippen LogP contribution in [0, 0.1) is 5.92 Å². The number of amides is 1. The zero-order valence-electron chi connectivity index (χ0n) is 14.4. The molecular formula is C16H26ClN3O3S2. The van der Waals surface area contributed by atoms with Crippen molar-refractivity contribution in [3.63, 3.8) is 0 Å². The Balaban J connectivity index is 0.00000225. The van der Waals surface area contributed by atoms with E-state index in [2.05, 4.69) is 6.92 Å². The van der Waals surface area contributed by atoms with Crippen LogP contribution in [-0.2, 0) is 10.0 Å². The number of rotatable bonds is 3. The number of halogens is 1. The number of nitrogens with two attached hydrogens (primary N) is 1. The molecule has 1 unspecified atom stereocenters. The molecule has 2 N–H and O–H groups in total. The second kappa shape index (κ2) is 8.35. The molecule has 2 aliphatic heterocycles. The summed E-state index contributed by atoms with van der Waals surface area (Å²) in [5, 5.41) is 0. The smallest absolute Gasteiger partial charge is 0.264 e. The van der Waals surface area contributed by atoms with Crippen molar-refractivity contribution in [1.82, 2.24) is 9.21 Å². The first-order chi connectivity index (χ1) is 11.4. The van der Waals surface area contributed by atoms with Crippen molar-refractivity contribution < 1.29 is 13.2 Å². The fourth-order valence-electron chi connectivity index (χ4n) is 3.28. The summed E-state index contributed by atoms with van der Waals surface area (Å²) < 4.78 is 27.3. The van der Waals surface area contributed by atoms with Crippen LogP contribution in [0.4, 0.5) is 0 Å². The van der Waals surface area contributed by atoms with E-state index in [1.165, 1.54) is 0 Å². The maximum absolute atomic E-state index is 12.7. The van der Waals surface area contributed by atoms with Crippen LogP contribution in [0.3, 0.4) is 0 Å². The normalized spacial score (nSPS) is 23.3. The predicted molar refractivity (Wildman–Crippen MR) is 102 cm³/mol. The minimum Gasteiger partial charge on any atom is -0.336 e. The van der Waals surface area contributed by atoms with E-state index >= 15 is 0 Å². The van der Waals surface area contributed by atoms with Gasteiger partial charge < -0.3 is 10.6 Å². The highest BCUT2D eigenvalue weighted by Crippen LogP contribution is 2.29. The van der Waals surface area contributed by atoms with Gasteiger partial charge in [0.2, 0.25) is 0 Å². The van der Waals surface area contributed by atoms with Crippen molar-refractivity contribution in [3.05, 3.63) is 17.0 Å². The summed E-state index contributed by atoms with van der Waals surface area (Å²) in [6.45, 7) is 4.51. The quantitative estimate of drug-likeness (QED) is 0.832. The highest BCUT2D eigenvalue weighted by atomic mass is 35.5. The number of hydrogen-bond donors (Lipinski definition) is 1. The summed E-state index contributed by atoms with van der Waals surface area (Å²) in [4.78, 5) is 14.8. The first-order valence-corrected chi connectivity index (χ1v) is 10.8. The van der Waals surface area contributed by atoms with Gasteiger partial charge in [0.25, 0.3) is 15.9 Å². The molecule has 6 nitrogen and oxygen atoms in total. The van der Waals surface area contributed by atoms with Crippen molar-refractivity contribution in [3.8, 4) is 0 Å². The summed E-state index contributed by atoms with van der Waals surface area (Å²) >= 11 is 1.08. The van der Waals surface area contributed by atoms with Crippen LogP contribution < -0.4 is 5.73 Å². The molecule has 0 saturated carbocycles. The summed E-state index contributed by atoms with van der Waals surface area (Å²) in [6.07, 6.45) is 3.61. The summed E-state index contributed by atoms with van der Waals surface area (Å²) in [6, 6.07) is 3.21. The molecule has 0 bridgehead atoms. The van der Waals surface area contributed by atoms with Crippen LogP contribution in [0.15, 0.2) is 16.3 Å². The van der Waals surface area contributed by atoms with Gasteiger partial charge in [-0.05, 0) is 43.7 Å². The average molecular weight is 408 g/mol. The molecule has 3 heterocycles. The molecule has 1 amide bonds. The van der Waals surface area contributed by atoms with Gasteiger partial charge in [0.15, 0.2) is 0 Å². The van der Waals surface area contributed by atoms with Gasteiger partial charge >= 0.3 is 0 Å². The van der Waals surface area contributed by atoms with Crippen LogP contribution in [0.25, 0.3) is 0 Å². The largest absolute Gasteiger partial charge is 0.336 e. The number of piperidine rings is 2. The minimum atomic E-state index is -3.48. The predicted octanol–water partition coefficient (Wildman–Crippen LogP) is 2.15. The molecule has 2 fully saturated rings. The van der Waals surface area contributed by atoms with Crippen LogP contribution in [-0.4, -0.2) is 55.8 Å². The highest BCUT2D eigenvalue weighted by molar-refractivity contribution is 7.91. The van der Waals surface area contributed by atoms with Crippen molar-refractivity contribution in [1.29, 1.82) is 0 Å². The maximum atomic E-state index is 12.7. The van der Waals surface area contributed by atoms with E-state index in [1.807, 2.05) is 0 Å².